The third kappa shape index (κ3) is 7.09. The Labute approximate surface area is 171 Å². The van der Waals surface area contributed by atoms with Crippen LogP contribution in [0.25, 0.3) is 0 Å². The number of rotatable bonds is 9. The molecule has 1 aromatic rings. The number of aromatic nitrogens is 2. The molecule has 0 atom stereocenters. The summed E-state index contributed by atoms with van der Waals surface area (Å²) in [6.45, 7) is 15.1. The van der Waals surface area contributed by atoms with Crippen molar-refractivity contribution < 1.29 is 0 Å². The molecule has 0 spiro atoms. The zero-order valence-corrected chi connectivity index (χ0v) is 18.9. The van der Waals surface area contributed by atoms with E-state index in [1.54, 1.807) is 0 Å². The maximum atomic E-state index is 4.86. The van der Waals surface area contributed by atoms with E-state index in [0.29, 0.717) is 5.92 Å². The van der Waals surface area contributed by atoms with Crippen LogP contribution in [0.3, 0.4) is 0 Å². The Morgan fingerprint density at radius 2 is 1.93 bits per heavy atom. The highest BCUT2D eigenvalue weighted by Gasteiger charge is 2.15. The quantitative estimate of drug-likeness (QED) is 0.396. The molecule has 0 bridgehead atoms. The second-order valence-corrected chi connectivity index (χ2v) is 8.31. The van der Waals surface area contributed by atoms with Crippen molar-refractivity contribution in [2.24, 2.45) is 12.0 Å². The Bertz CT molecular complexity index is 600. The third-order valence-electron chi connectivity index (χ3n) is 5.33. The van der Waals surface area contributed by atoms with Crippen LogP contribution in [-0.4, -0.2) is 90.3 Å². The first-order valence-electron chi connectivity index (χ1n) is 10.8. The van der Waals surface area contributed by atoms with Crippen LogP contribution in [0.1, 0.15) is 50.8 Å². The predicted octanol–water partition coefficient (Wildman–Crippen LogP) is 1.97. The van der Waals surface area contributed by atoms with Gasteiger partial charge >= 0.3 is 0 Å². The Hall–Kier alpha value is -1.60. The van der Waals surface area contributed by atoms with Gasteiger partial charge in [0.25, 0.3) is 0 Å². The van der Waals surface area contributed by atoms with Crippen molar-refractivity contribution >= 4 is 5.96 Å². The number of nitrogens with zero attached hydrogens (tertiary/aromatic N) is 6. The molecule has 1 saturated heterocycles. The lowest BCUT2D eigenvalue weighted by Crippen LogP contribution is -2.44. The van der Waals surface area contributed by atoms with E-state index in [-0.39, 0.29) is 0 Å². The van der Waals surface area contributed by atoms with Crippen LogP contribution in [0, 0.1) is 0 Å². The van der Waals surface area contributed by atoms with Crippen molar-refractivity contribution in [2.75, 3.05) is 59.9 Å². The standard InChI is InChI=1S/C21H41N7/c1-7-22-21(23-10-8-9-11-28-14-12-25(4)13-15-28)26(5)16-19-17-27(6)24-20(19)18(2)3/h17-18H,7-16H2,1-6H3,(H,22,23). The maximum absolute atomic E-state index is 4.86. The number of unbranched alkanes of at least 4 members (excludes halogenated alkanes) is 1. The average molecular weight is 392 g/mol. The van der Waals surface area contributed by atoms with E-state index in [1.165, 1.54) is 50.4 Å². The van der Waals surface area contributed by atoms with E-state index in [2.05, 4.69) is 66.2 Å². The van der Waals surface area contributed by atoms with E-state index in [0.717, 1.165) is 32.0 Å². The lowest BCUT2D eigenvalue weighted by atomic mass is 10.1. The number of guanidine groups is 1. The van der Waals surface area contributed by atoms with Gasteiger partial charge in [-0.05, 0) is 39.3 Å². The van der Waals surface area contributed by atoms with E-state index in [9.17, 15) is 0 Å². The van der Waals surface area contributed by atoms with Crippen molar-refractivity contribution in [2.45, 2.75) is 46.1 Å². The average Bonchev–Trinajstić information content (AvgIpc) is 3.02. The van der Waals surface area contributed by atoms with Crippen molar-refractivity contribution in [3.63, 3.8) is 0 Å². The van der Waals surface area contributed by atoms with Crippen molar-refractivity contribution in [3.05, 3.63) is 17.5 Å². The third-order valence-corrected chi connectivity index (χ3v) is 5.33. The molecule has 2 rings (SSSR count). The van der Waals surface area contributed by atoms with Crippen molar-refractivity contribution in [1.82, 2.24) is 29.8 Å². The number of nitrogens with one attached hydrogen (secondary N) is 1. The summed E-state index contributed by atoms with van der Waals surface area (Å²) in [5, 5.41) is 8.06. The molecule has 1 aromatic heterocycles. The first-order chi connectivity index (χ1) is 13.4. The monoisotopic (exact) mass is 391 g/mol. The normalized spacial score (nSPS) is 16.8. The van der Waals surface area contributed by atoms with E-state index in [1.807, 2.05) is 11.7 Å². The fourth-order valence-electron chi connectivity index (χ4n) is 3.67. The summed E-state index contributed by atoms with van der Waals surface area (Å²) in [6, 6.07) is 0. The van der Waals surface area contributed by atoms with Crippen LogP contribution in [0.5, 0.6) is 0 Å². The molecular formula is C21H41N7. The van der Waals surface area contributed by atoms with E-state index < -0.39 is 0 Å². The highest BCUT2D eigenvalue weighted by molar-refractivity contribution is 5.79. The lowest BCUT2D eigenvalue weighted by Gasteiger charge is -2.32. The van der Waals surface area contributed by atoms with Gasteiger partial charge in [0, 0.05) is 71.7 Å². The molecule has 7 heteroatoms. The van der Waals surface area contributed by atoms with Gasteiger partial charge in [-0.25, -0.2) is 0 Å². The Morgan fingerprint density at radius 1 is 1.21 bits per heavy atom. The molecule has 28 heavy (non-hydrogen) atoms. The van der Waals surface area contributed by atoms with Crippen LogP contribution in [0.15, 0.2) is 11.2 Å². The molecule has 160 valence electrons. The first kappa shape index (κ1) is 22.7. The SMILES string of the molecule is CCNC(=NCCCCN1CCN(C)CC1)N(C)Cc1cn(C)nc1C(C)C. The summed E-state index contributed by atoms with van der Waals surface area (Å²) in [6.07, 6.45) is 4.49. The topological polar surface area (TPSA) is 51.9 Å². The van der Waals surface area contributed by atoms with Gasteiger partial charge in [-0.1, -0.05) is 13.8 Å². The first-order valence-corrected chi connectivity index (χ1v) is 10.8. The zero-order valence-electron chi connectivity index (χ0n) is 18.9. The molecule has 0 saturated carbocycles. The number of hydrogen-bond acceptors (Lipinski definition) is 4. The second-order valence-electron chi connectivity index (χ2n) is 8.31. The smallest absolute Gasteiger partial charge is 0.193 e. The molecule has 2 heterocycles. The van der Waals surface area contributed by atoms with Crippen LogP contribution in [0.4, 0.5) is 0 Å². The van der Waals surface area contributed by atoms with Crippen molar-refractivity contribution in [1.29, 1.82) is 0 Å². The summed E-state index contributed by atoms with van der Waals surface area (Å²) in [4.78, 5) is 12.1. The number of aryl methyl sites for hydroxylation is 1. The molecule has 1 N–H and O–H groups in total. The molecule has 7 nitrogen and oxygen atoms in total. The molecule has 1 fully saturated rings. The summed E-state index contributed by atoms with van der Waals surface area (Å²) in [5.74, 6) is 1.42. The lowest BCUT2D eigenvalue weighted by molar-refractivity contribution is 0.152. The minimum atomic E-state index is 0.429. The molecule has 0 amide bonds. The second kappa shape index (κ2) is 11.4. The minimum absolute atomic E-state index is 0.429. The van der Waals surface area contributed by atoms with E-state index >= 15 is 0 Å². The molecule has 0 radical (unpaired) electrons. The Kier molecular flexibility index (Phi) is 9.25. The highest BCUT2D eigenvalue weighted by atomic mass is 15.3. The van der Waals surface area contributed by atoms with Crippen LogP contribution >= 0.6 is 0 Å². The molecule has 1 aliphatic rings. The number of aliphatic imine (C=N–C) groups is 1. The van der Waals surface area contributed by atoms with Crippen LogP contribution in [-0.2, 0) is 13.6 Å². The maximum Gasteiger partial charge on any atom is 0.193 e. The fraction of sp³-hybridized carbons (Fsp3) is 0.810. The Morgan fingerprint density at radius 3 is 2.57 bits per heavy atom. The molecule has 0 aromatic carbocycles. The molecular weight excluding hydrogens is 350 g/mol. The number of hydrogen-bond donors (Lipinski definition) is 1. The van der Waals surface area contributed by atoms with Gasteiger partial charge in [0.15, 0.2) is 5.96 Å². The van der Waals surface area contributed by atoms with Gasteiger partial charge < -0.3 is 20.0 Å². The van der Waals surface area contributed by atoms with Gasteiger partial charge in [0.05, 0.1) is 5.69 Å². The minimum Gasteiger partial charge on any atom is -0.357 e. The summed E-state index contributed by atoms with van der Waals surface area (Å²) >= 11 is 0. The van der Waals surface area contributed by atoms with Gasteiger partial charge in [0.1, 0.15) is 0 Å². The Balaban J connectivity index is 1.82. The van der Waals surface area contributed by atoms with E-state index in [4.69, 9.17) is 4.99 Å². The number of likely N-dealkylation sites (N-methyl/N-ethyl adjacent to an activating group) is 1. The predicted molar refractivity (Wildman–Crippen MR) is 118 cm³/mol. The summed E-state index contributed by atoms with van der Waals surface area (Å²) in [5.41, 5.74) is 2.46. The molecule has 0 unspecified atom stereocenters. The van der Waals surface area contributed by atoms with Gasteiger partial charge in [-0.3, -0.25) is 9.67 Å². The van der Waals surface area contributed by atoms with Crippen molar-refractivity contribution in [3.8, 4) is 0 Å². The van der Waals surface area contributed by atoms with Gasteiger partial charge in [-0.15, -0.1) is 0 Å². The fourth-order valence-corrected chi connectivity index (χ4v) is 3.67. The molecule has 0 aliphatic carbocycles. The molecule has 1 aliphatic heterocycles. The van der Waals surface area contributed by atoms with Gasteiger partial charge in [-0.2, -0.15) is 5.10 Å². The summed E-state index contributed by atoms with van der Waals surface area (Å²) < 4.78 is 1.92. The largest absolute Gasteiger partial charge is 0.357 e. The summed E-state index contributed by atoms with van der Waals surface area (Å²) in [7, 11) is 6.32. The number of piperazine rings is 1. The van der Waals surface area contributed by atoms with Crippen LogP contribution in [0.2, 0.25) is 0 Å². The highest BCUT2D eigenvalue weighted by Crippen LogP contribution is 2.18. The van der Waals surface area contributed by atoms with Crippen LogP contribution < -0.4 is 5.32 Å². The van der Waals surface area contributed by atoms with Gasteiger partial charge in [0.2, 0.25) is 0 Å². The zero-order chi connectivity index (χ0) is 20.5.